The van der Waals surface area contributed by atoms with Crippen molar-refractivity contribution in [1.82, 2.24) is 5.32 Å². The minimum Gasteiger partial charge on any atom is -0.435 e. The molecule has 3 rings (SSSR count). The van der Waals surface area contributed by atoms with Crippen LogP contribution in [0.2, 0.25) is 0 Å². The van der Waals surface area contributed by atoms with E-state index in [0.717, 1.165) is 6.54 Å². The van der Waals surface area contributed by atoms with Gasteiger partial charge in [0.25, 0.3) is 0 Å². The Balaban J connectivity index is 1.71. The van der Waals surface area contributed by atoms with Crippen LogP contribution >= 0.6 is 0 Å². The van der Waals surface area contributed by atoms with Gasteiger partial charge in [0.15, 0.2) is 0 Å². The molecule has 1 aliphatic heterocycles. The minimum atomic E-state index is -3.06. The maximum Gasteiger partial charge on any atom is 0.387 e. The standard InChI is InChI=1S/C21H19F3N2O3/c22-18-10-15(20-12-26-5-6-28-20)3-2-14(18)8-17(27)9-16-7-13(11-25)1-4-19(16)29-21(23)24/h1-4,7,10,20-21,26H,5-6,8-9,12H2/t20-/m1/s1. The molecule has 1 aliphatic rings. The van der Waals surface area contributed by atoms with Crippen LogP contribution in [0, 0.1) is 17.1 Å². The molecule has 8 heteroatoms. The first-order valence-electron chi connectivity index (χ1n) is 9.06. The third-order valence-electron chi connectivity index (χ3n) is 4.56. The summed E-state index contributed by atoms with van der Waals surface area (Å²) in [6.45, 7) is -1.19. The molecule has 0 unspecified atom stereocenters. The lowest BCUT2D eigenvalue weighted by atomic mass is 9.98. The first-order chi connectivity index (χ1) is 14.0. The third kappa shape index (κ3) is 5.56. The van der Waals surface area contributed by atoms with Gasteiger partial charge in [-0.05, 0) is 35.4 Å². The highest BCUT2D eigenvalue weighted by Crippen LogP contribution is 2.25. The van der Waals surface area contributed by atoms with Crippen LogP contribution in [0.3, 0.4) is 0 Å². The Morgan fingerprint density at radius 3 is 2.69 bits per heavy atom. The number of ketones is 1. The Morgan fingerprint density at radius 1 is 1.24 bits per heavy atom. The number of alkyl halides is 2. The molecule has 1 heterocycles. The van der Waals surface area contributed by atoms with Crippen LogP contribution in [-0.2, 0) is 22.4 Å². The molecule has 1 N–H and O–H groups in total. The zero-order valence-electron chi connectivity index (χ0n) is 15.5. The number of morpholine rings is 1. The zero-order valence-corrected chi connectivity index (χ0v) is 15.5. The molecule has 5 nitrogen and oxygen atoms in total. The van der Waals surface area contributed by atoms with E-state index in [0.29, 0.717) is 18.7 Å². The van der Waals surface area contributed by atoms with Crippen molar-refractivity contribution in [2.45, 2.75) is 25.6 Å². The van der Waals surface area contributed by atoms with E-state index in [9.17, 15) is 18.0 Å². The van der Waals surface area contributed by atoms with Crippen molar-refractivity contribution >= 4 is 5.78 Å². The van der Waals surface area contributed by atoms with Gasteiger partial charge in [-0.15, -0.1) is 0 Å². The van der Waals surface area contributed by atoms with Gasteiger partial charge in [0.2, 0.25) is 0 Å². The summed E-state index contributed by atoms with van der Waals surface area (Å²) in [5.74, 6) is -1.09. The first-order valence-corrected chi connectivity index (χ1v) is 9.06. The number of benzene rings is 2. The van der Waals surface area contributed by atoms with Crippen LogP contribution in [0.5, 0.6) is 5.75 Å². The van der Waals surface area contributed by atoms with E-state index in [1.54, 1.807) is 6.07 Å². The predicted octanol–water partition coefficient (Wildman–Crippen LogP) is 3.31. The van der Waals surface area contributed by atoms with Crippen molar-refractivity contribution in [3.8, 4) is 11.8 Å². The predicted molar refractivity (Wildman–Crippen MR) is 98.2 cm³/mol. The Bertz CT molecular complexity index is 922. The molecule has 0 aromatic heterocycles. The highest BCUT2D eigenvalue weighted by molar-refractivity contribution is 5.84. The van der Waals surface area contributed by atoms with Gasteiger partial charge in [0.05, 0.1) is 24.3 Å². The van der Waals surface area contributed by atoms with Crippen LogP contribution < -0.4 is 10.1 Å². The Hall–Kier alpha value is -2.89. The molecule has 0 saturated carbocycles. The van der Waals surface area contributed by atoms with Gasteiger partial charge in [-0.25, -0.2) is 4.39 Å². The molecule has 0 amide bonds. The quantitative estimate of drug-likeness (QED) is 0.767. The monoisotopic (exact) mass is 404 g/mol. The van der Waals surface area contributed by atoms with Gasteiger partial charge >= 0.3 is 6.61 Å². The van der Waals surface area contributed by atoms with E-state index in [1.807, 2.05) is 6.07 Å². The molecule has 0 bridgehead atoms. The number of halogens is 3. The summed E-state index contributed by atoms with van der Waals surface area (Å²) in [5, 5.41) is 12.2. The van der Waals surface area contributed by atoms with Crippen LogP contribution in [0.1, 0.15) is 28.4 Å². The number of ether oxygens (including phenoxy) is 2. The van der Waals surface area contributed by atoms with Crippen molar-refractivity contribution < 1.29 is 27.4 Å². The molecule has 2 aromatic rings. The fraction of sp³-hybridized carbons (Fsp3) is 0.333. The van der Waals surface area contributed by atoms with E-state index in [4.69, 9.17) is 10.00 Å². The fourth-order valence-electron chi connectivity index (χ4n) is 3.17. The van der Waals surface area contributed by atoms with E-state index in [2.05, 4.69) is 10.1 Å². The van der Waals surface area contributed by atoms with Crippen molar-refractivity contribution in [2.24, 2.45) is 0 Å². The largest absolute Gasteiger partial charge is 0.435 e. The van der Waals surface area contributed by atoms with E-state index < -0.39 is 12.4 Å². The number of nitrogens with one attached hydrogen (secondary N) is 1. The van der Waals surface area contributed by atoms with Gasteiger partial charge in [-0.1, -0.05) is 12.1 Å². The average Bonchev–Trinajstić information content (AvgIpc) is 2.71. The molecule has 1 saturated heterocycles. The third-order valence-corrected chi connectivity index (χ3v) is 4.56. The maximum absolute atomic E-state index is 14.5. The smallest absolute Gasteiger partial charge is 0.387 e. The lowest BCUT2D eigenvalue weighted by Gasteiger charge is -2.24. The van der Waals surface area contributed by atoms with E-state index in [-0.39, 0.29) is 47.2 Å². The number of Topliss-reactive ketones (excluding diaryl/α,β-unsaturated/α-hetero) is 1. The molecular weight excluding hydrogens is 385 g/mol. The molecule has 1 fully saturated rings. The van der Waals surface area contributed by atoms with Crippen LogP contribution in [0.15, 0.2) is 36.4 Å². The molecule has 29 heavy (non-hydrogen) atoms. The summed E-state index contributed by atoms with van der Waals surface area (Å²) in [5.41, 5.74) is 1.26. The molecule has 2 aromatic carbocycles. The van der Waals surface area contributed by atoms with Crippen molar-refractivity contribution in [1.29, 1.82) is 5.26 Å². The number of hydrogen-bond acceptors (Lipinski definition) is 5. The number of carbonyl (C=O) groups excluding carboxylic acids is 1. The molecule has 0 radical (unpaired) electrons. The average molecular weight is 404 g/mol. The second-order valence-corrected chi connectivity index (χ2v) is 6.62. The Labute approximate surface area is 166 Å². The van der Waals surface area contributed by atoms with Crippen LogP contribution in [-0.4, -0.2) is 32.1 Å². The highest BCUT2D eigenvalue weighted by Gasteiger charge is 2.19. The molecule has 152 valence electrons. The van der Waals surface area contributed by atoms with Gasteiger partial charge in [-0.2, -0.15) is 14.0 Å². The zero-order chi connectivity index (χ0) is 20.8. The normalized spacial score (nSPS) is 16.4. The number of hydrogen-bond donors (Lipinski definition) is 1. The Morgan fingerprint density at radius 2 is 2.03 bits per heavy atom. The van der Waals surface area contributed by atoms with E-state index in [1.165, 1.54) is 30.3 Å². The second kappa shape index (κ2) is 9.54. The first kappa shape index (κ1) is 20.8. The van der Waals surface area contributed by atoms with Crippen molar-refractivity contribution in [2.75, 3.05) is 19.7 Å². The van der Waals surface area contributed by atoms with Crippen LogP contribution in [0.4, 0.5) is 13.2 Å². The number of carbonyl (C=O) groups is 1. The molecule has 0 aliphatic carbocycles. The summed E-state index contributed by atoms with van der Waals surface area (Å²) >= 11 is 0. The second-order valence-electron chi connectivity index (χ2n) is 6.62. The molecule has 1 atom stereocenters. The van der Waals surface area contributed by atoms with Gasteiger partial charge in [-0.3, -0.25) is 4.79 Å². The lowest BCUT2D eigenvalue weighted by Crippen LogP contribution is -2.33. The number of nitrogens with zero attached hydrogens (tertiary/aromatic N) is 1. The SMILES string of the molecule is N#Cc1ccc(OC(F)F)c(CC(=O)Cc2ccc([C@H]3CNCCO3)cc2F)c1. The van der Waals surface area contributed by atoms with Crippen molar-refractivity contribution in [3.05, 3.63) is 64.5 Å². The van der Waals surface area contributed by atoms with Crippen LogP contribution in [0.25, 0.3) is 0 Å². The Kier molecular flexibility index (Phi) is 6.86. The number of rotatable bonds is 7. The summed E-state index contributed by atoms with van der Waals surface area (Å²) in [7, 11) is 0. The summed E-state index contributed by atoms with van der Waals surface area (Å²) in [6, 6.07) is 10.3. The van der Waals surface area contributed by atoms with E-state index >= 15 is 0 Å². The number of nitriles is 1. The molecule has 0 spiro atoms. The summed E-state index contributed by atoms with van der Waals surface area (Å²) in [6.07, 6.45) is -0.708. The van der Waals surface area contributed by atoms with Gasteiger partial charge < -0.3 is 14.8 Å². The lowest BCUT2D eigenvalue weighted by molar-refractivity contribution is -0.118. The maximum atomic E-state index is 14.5. The fourth-order valence-corrected chi connectivity index (χ4v) is 3.17. The summed E-state index contributed by atoms with van der Waals surface area (Å²) in [4.78, 5) is 12.4. The molecular formula is C21H19F3N2O3. The van der Waals surface area contributed by atoms with Crippen molar-refractivity contribution in [3.63, 3.8) is 0 Å². The highest BCUT2D eigenvalue weighted by atomic mass is 19.3. The topological polar surface area (TPSA) is 71.3 Å². The summed E-state index contributed by atoms with van der Waals surface area (Å²) < 4.78 is 49.6. The van der Waals surface area contributed by atoms with Gasteiger partial charge in [0.1, 0.15) is 17.3 Å². The van der Waals surface area contributed by atoms with Gasteiger partial charge in [0, 0.05) is 31.5 Å². The minimum absolute atomic E-state index is 0.160.